The molecule has 0 aliphatic rings. The number of hydrogen-bond acceptors (Lipinski definition) is 0. The van der Waals surface area contributed by atoms with Crippen molar-refractivity contribution in [1.82, 2.24) is 0 Å². The van der Waals surface area contributed by atoms with E-state index in [9.17, 15) is 0 Å². The third-order valence-corrected chi connectivity index (χ3v) is 1.72. The highest BCUT2D eigenvalue weighted by molar-refractivity contribution is 5.21. The first kappa shape index (κ1) is 15.7. The van der Waals surface area contributed by atoms with Crippen LogP contribution < -0.4 is 0 Å². The van der Waals surface area contributed by atoms with Gasteiger partial charge in [-0.2, -0.15) is 0 Å². The van der Waals surface area contributed by atoms with Gasteiger partial charge in [0.1, 0.15) is 0 Å². The summed E-state index contributed by atoms with van der Waals surface area (Å²) in [5, 5.41) is 0. The normalized spacial score (nSPS) is 13.6. The third-order valence-electron chi connectivity index (χ3n) is 1.72. The fraction of sp³-hybridized carbons (Fsp3) is 0. The minimum atomic E-state index is 1.75. The van der Waals surface area contributed by atoms with Crippen molar-refractivity contribution in [2.24, 2.45) is 0 Å². The molecule has 0 heterocycles. The molecule has 0 saturated carbocycles. The van der Waals surface area contributed by atoms with Crippen LogP contribution in [0.2, 0.25) is 0 Å². The molecule has 0 unspecified atom stereocenters. The summed E-state index contributed by atoms with van der Waals surface area (Å²) in [6.07, 6.45) is 30.8. The zero-order valence-electron chi connectivity index (χ0n) is 10.7. The van der Waals surface area contributed by atoms with Gasteiger partial charge < -0.3 is 0 Å². The van der Waals surface area contributed by atoms with Gasteiger partial charge in [-0.1, -0.05) is 110 Å². The molecule has 0 heteroatoms. The Balaban J connectivity index is 3.82. The molecule has 0 atom stereocenters. The first-order valence-corrected chi connectivity index (χ1v) is 5.82. The largest absolute Gasteiger partial charge is 0.0991 e. The number of hydrogen-bond donors (Lipinski definition) is 0. The number of rotatable bonds is 8. The van der Waals surface area contributed by atoms with Crippen molar-refractivity contribution in [2.75, 3.05) is 0 Å². The Morgan fingerprint density at radius 1 is 0.278 bits per heavy atom. The van der Waals surface area contributed by atoms with Gasteiger partial charge in [-0.05, 0) is 0 Å². The van der Waals surface area contributed by atoms with Crippen molar-refractivity contribution >= 4 is 0 Å². The molecule has 0 fully saturated rings. The quantitative estimate of drug-likeness (QED) is 0.505. The fourth-order valence-electron chi connectivity index (χ4n) is 0.927. The van der Waals surface area contributed by atoms with Crippen LogP contribution in [0.3, 0.4) is 0 Å². The van der Waals surface area contributed by atoms with E-state index in [1.165, 1.54) is 0 Å². The van der Waals surface area contributed by atoms with E-state index >= 15 is 0 Å². The summed E-state index contributed by atoms with van der Waals surface area (Å²) >= 11 is 0. The molecule has 18 heavy (non-hydrogen) atoms. The lowest BCUT2D eigenvalue weighted by molar-refractivity contribution is 1.83. The smallest absolute Gasteiger partial charge is 0.0623 e. The molecule has 0 N–H and O–H groups in total. The van der Waals surface area contributed by atoms with Crippen LogP contribution in [0, 0.1) is 0 Å². The zero-order valence-corrected chi connectivity index (χ0v) is 10.7. The van der Waals surface area contributed by atoms with Crippen LogP contribution in [-0.4, -0.2) is 0 Å². The highest BCUT2D eigenvalue weighted by Gasteiger charge is 1.63. The Labute approximate surface area is 111 Å². The fourth-order valence-corrected chi connectivity index (χ4v) is 0.927. The minimum absolute atomic E-state index is 1.75. The van der Waals surface area contributed by atoms with Gasteiger partial charge >= 0.3 is 0 Å². The van der Waals surface area contributed by atoms with E-state index in [-0.39, 0.29) is 0 Å². The van der Waals surface area contributed by atoms with Gasteiger partial charge in [0.25, 0.3) is 0 Å². The maximum absolute atomic E-state index is 3.59. The molecule has 0 aromatic carbocycles. The average Bonchev–Trinajstić information content (AvgIpc) is 2.39. The van der Waals surface area contributed by atoms with E-state index in [2.05, 4.69) is 13.2 Å². The van der Waals surface area contributed by atoms with Gasteiger partial charge in [0, 0.05) is 0 Å². The van der Waals surface area contributed by atoms with Crippen molar-refractivity contribution in [3.05, 3.63) is 110 Å². The molecule has 0 spiro atoms. The summed E-state index contributed by atoms with van der Waals surface area (Å²) < 4.78 is 0. The van der Waals surface area contributed by atoms with E-state index < -0.39 is 0 Å². The molecule has 0 bridgehead atoms. The van der Waals surface area contributed by atoms with Crippen LogP contribution >= 0.6 is 0 Å². The average molecular weight is 236 g/mol. The topological polar surface area (TPSA) is 0 Å². The van der Waals surface area contributed by atoms with Crippen LogP contribution in [-0.2, 0) is 0 Å². The second-order valence-corrected chi connectivity index (χ2v) is 3.17. The summed E-state index contributed by atoms with van der Waals surface area (Å²) in [6.45, 7) is 7.18. The van der Waals surface area contributed by atoms with Crippen molar-refractivity contribution in [3.63, 3.8) is 0 Å². The monoisotopic (exact) mass is 236 g/mol. The second kappa shape index (κ2) is 14.7. The van der Waals surface area contributed by atoms with Crippen molar-refractivity contribution in [3.8, 4) is 0 Å². The lowest BCUT2D eigenvalue weighted by Crippen LogP contribution is -1.53. The standard InChI is InChI=1S/C18H20/c1-3-5-7-9-11-13-15-17-18-16-14-12-10-8-6-4-2/h3-18H,1-2H2. The predicted octanol–water partition coefficient (Wildman–Crippen LogP) is 5.25. The highest BCUT2D eigenvalue weighted by atomic mass is 13.7. The van der Waals surface area contributed by atoms with Gasteiger partial charge in [0.15, 0.2) is 0 Å². The second-order valence-electron chi connectivity index (χ2n) is 3.17. The van der Waals surface area contributed by atoms with Gasteiger partial charge in [0.2, 0.25) is 0 Å². The van der Waals surface area contributed by atoms with E-state index in [0.29, 0.717) is 0 Å². The molecule has 0 rings (SSSR count). The molecular weight excluding hydrogens is 216 g/mol. The zero-order chi connectivity index (χ0) is 13.3. The third kappa shape index (κ3) is 13.7. The summed E-state index contributed by atoms with van der Waals surface area (Å²) in [4.78, 5) is 0. The van der Waals surface area contributed by atoms with E-state index in [4.69, 9.17) is 0 Å². The first-order chi connectivity index (χ1) is 8.91. The van der Waals surface area contributed by atoms with E-state index in [1.807, 2.05) is 85.1 Å². The van der Waals surface area contributed by atoms with Crippen LogP contribution in [0.1, 0.15) is 0 Å². The molecule has 0 radical (unpaired) electrons. The van der Waals surface area contributed by atoms with Gasteiger partial charge in [-0.25, -0.2) is 0 Å². The van der Waals surface area contributed by atoms with Gasteiger partial charge in [-0.15, -0.1) is 0 Å². The Morgan fingerprint density at radius 2 is 0.444 bits per heavy atom. The van der Waals surface area contributed by atoms with E-state index in [0.717, 1.165) is 0 Å². The predicted molar refractivity (Wildman–Crippen MR) is 84.4 cm³/mol. The molecule has 0 saturated heterocycles. The maximum Gasteiger partial charge on any atom is -0.0623 e. The molecular formula is C18H20. The highest BCUT2D eigenvalue weighted by Crippen LogP contribution is 1.85. The molecule has 0 amide bonds. The first-order valence-electron chi connectivity index (χ1n) is 5.82. The Hall–Kier alpha value is -2.34. The van der Waals surface area contributed by atoms with Crippen LogP contribution in [0.15, 0.2) is 110 Å². The molecule has 92 valence electrons. The lowest BCUT2D eigenvalue weighted by Gasteiger charge is -1.75. The molecule has 0 aliphatic carbocycles. The minimum Gasteiger partial charge on any atom is -0.0991 e. The number of allylic oxidation sites excluding steroid dienone is 16. The van der Waals surface area contributed by atoms with Crippen molar-refractivity contribution in [1.29, 1.82) is 0 Å². The van der Waals surface area contributed by atoms with Gasteiger partial charge in [-0.3, -0.25) is 0 Å². The summed E-state index contributed by atoms with van der Waals surface area (Å²) in [7, 11) is 0. The Bertz CT molecular complexity index is 367. The summed E-state index contributed by atoms with van der Waals surface area (Å²) in [5.41, 5.74) is 0. The summed E-state index contributed by atoms with van der Waals surface area (Å²) in [5.74, 6) is 0. The molecule has 0 aliphatic heterocycles. The van der Waals surface area contributed by atoms with E-state index in [1.54, 1.807) is 12.2 Å². The van der Waals surface area contributed by atoms with Crippen LogP contribution in [0.4, 0.5) is 0 Å². The Morgan fingerprint density at radius 3 is 0.611 bits per heavy atom. The summed E-state index contributed by atoms with van der Waals surface area (Å²) in [6, 6.07) is 0. The molecule has 0 aromatic rings. The van der Waals surface area contributed by atoms with Crippen LogP contribution in [0.25, 0.3) is 0 Å². The maximum atomic E-state index is 3.59. The van der Waals surface area contributed by atoms with Crippen LogP contribution in [0.5, 0.6) is 0 Å². The SMILES string of the molecule is C=CC=CC=CC=CC=CC=CC=CC=CC=C. The lowest BCUT2D eigenvalue weighted by atomic mass is 10.3. The Kier molecular flexibility index (Phi) is 12.8. The van der Waals surface area contributed by atoms with Crippen molar-refractivity contribution in [2.45, 2.75) is 0 Å². The molecule has 0 nitrogen and oxygen atoms in total. The molecule has 0 aromatic heterocycles. The van der Waals surface area contributed by atoms with Crippen molar-refractivity contribution < 1.29 is 0 Å². The van der Waals surface area contributed by atoms with Gasteiger partial charge in [0.05, 0.1) is 0 Å².